The second-order valence-electron chi connectivity index (χ2n) is 10.3. The van der Waals surface area contributed by atoms with Crippen molar-refractivity contribution in [2.45, 2.75) is 90.3 Å². The van der Waals surface area contributed by atoms with E-state index < -0.39 is 0 Å². The molecule has 2 atom stereocenters. The molecule has 0 N–H and O–H groups in total. The van der Waals surface area contributed by atoms with Crippen LogP contribution in [0.2, 0.25) is 0 Å². The third-order valence-corrected chi connectivity index (χ3v) is 8.73. The van der Waals surface area contributed by atoms with Crippen molar-refractivity contribution >= 4 is 14.6 Å². The zero-order valence-corrected chi connectivity index (χ0v) is 17.6. The first-order valence-electron chi connectivity index (χ1n) is 10.0. The van der Waals surface area contributed by atoms with Gasteiger partial charge < -0.3 is 4.74 Å². The molecule has 3 heteroatoms. The summed E-state index contributed by atoms with van der Waals surface area (Å²) in [6.45, 7) is 13.3. The number of esters is 1. The summed E-state index contributed by atoms with van der Waals surface area (Å²) in [6.07, 6.45) is 8.58. The Morgan fingerprint density at radius 1 is 1.04 bits per heavy atom. The Kier molecular flexibility index (Phi) is 4.87. The van der Waals surface area contributed by atoms with E-state index in [1.807, 2.05) is 0 Å². The second kappa shape index (κ2) is 6.26. The summed E-state index contributed by atoms with van der Waals surface area (Å²) in [5.74, 6) is 3.18. The molecule has 138 valence electrons. The van der Waals surface area contributed by atoms with Crippen molar-refractivity contribution in [1.29, 1.82) is 0 Å². The standard InChI is InChI=1S/C21H37O2P/c1-7-21(16-9-14-8-15(11-16)12-17(21)10-14)23-18(22)20(5,24-6)13-19(2,3)4/h14-17,24H,7-13H2,1-6H3. The van der Waals surface area contributed by atoms with E-state index in [0.29, 0.717) is 20.4 Å². The fourth-order valence-electron chi connectivity index (χ4n) is 6.41. The molecule has 0 aromatic carbocycles. The van der Waals surface area contributed by atoms with E-state index >= 15 is 0 Å². The Labute approximate surface area is 150 Å². The lowest BCUT2D eigenvalue weighted by atomic mass is 9.49. The van der Waals surface area contributed by atoms with Gasteiger partial charge in [-0.05, 0) is 87.6 Å². The van der Waals surface area contributed by atoms with E-state index in [-0.39, 0.29) is 22.1 Å². The van der Waals surface area contributed by atoms with Gasteiger partial charge in [0, 0.05) is 0 Å². The van der Waals surface area contributed by atoms with Crippen molar-refractivity contribution in [2.75, 3.05) is 6.66 Å². The summed E-state index contributed by atoms with van der Waals surface area (Å²) in [5, 5.41) is -0.324. The predicted molar refractivity (Wildman–Crippen MR) is 103 cm³/mol. The van der Waals surface area contributed by atoms with Gasteiger partial charge in [0.05, 0.1) is 5.16 Å². The molecule has 0 aliphatic heterocycles. The normalized spacial score (nSPS) is 40.9. The summed E-state index contributed by atoms with van der Waals surface area (Å²) in [7, 11) is 0.597. The van der Waals surface area contributed by atoms with E-state index in [0.717, 1.165) is 24.7 Å². The van der Waals surface area contributed by atoms with Crippen molar-refractivity contribution in [3.05, 3.63) is 0 Å². The van der Waals surface area contributed by atoms with Gasteiger partial charge >= 0.3 is 5.97 Å². The highest BCUT2D eigenvalue weighted by Crippen LogP contribution is 2.61. The van der Waals surface area contributed by atoms with Gasteiger partial charge in [-0.25, -0.2) is 0 Å². The largest absolute Gasteiger partial charge is 0.458 e. The highest BCUT2D eigenvalue weighted by Gasteiger charge is 2.59. The molecular formula is C21H37O2P. The lowest BCUT2D eigenvalue weighted by Gasteiger charge is -2.60. The van der Waals surface area contributed by atoms with E-state index in [1.54, 1.807) is 0 Å². The predicted octanol–water partition coefficient (Wildman–Crippen LogP) is 5.64. The Bertz CT molecular complexity index is 465. The Morgan fingerprint density at radius 3 is 1.92 bits per heavy atom. The monoisotopic (exact) mass is 352 g/mol. The van der Waals surface area contributed by atoms with Crippen LogP contribution in [0.25, 0.3) is 0 Å². The molecule has 0 spiro atoms. The minimum absolute atomic E-state index is 0.0904. The van der Waals surface area contributed by atoms with E-state index in [4.69, 9.17) is 4.74 Å². The third kappa shape index (κ3) is 3.17. The minimum atomic E-state index is -0.324. The van der Waals surface area contributed by atoms with Crippen molar-refractivity contribution in [1.82, 2.24) is 0 Å². The molecular weight excluding hydrogens is 315 g/mol. The third-order valence-electron chi connectivity index (χ3n) is 7.24. The Balaban J connectivity index is 1.81. The molecule has 4 fully saturated rings. The van der Waals surface area contributed by atoms with Gasteiger partial charge in [-0.3, -0.25) is 4.79 Å². The SMILES string of the molecule is CCC1(OC(=O)C(C)(CC(C)(C)C)PC)C2CC3CC(C2)CC1C3. The molecule has 0 aromatic rings. The number of rotatable bonds is 5. The topological polar surface area (TPSA) is 26.3 Å². The summed E-state index contributed by atoms with van der Waals surface area (Å²) >= 11 is 0. The quantitative estimate of drug-likeness (QED) is 0.473. The van der Waals surface area contributed by atoms with E-state index in [1.165, 1.54) is 32.1 Å². The Morgan fingerprint density at radius 2 is 1.54 bits per heavy atom. The van der Waals surface area contributed by atoms with Crippen LogP contribution in [0.1, 0.15) is 79.6 Å². The summed E-state index contributed by atoms with van der Waals surface area (Å²) in [5.41, 5.74) is 0.00349. The van der Waals surface area contributed by atoms with Crippen LogP contribution < -0.4 is 0 Å². The molecule has 0 saturated heterocycles. The zero-order valence-electron chi connectivity index (χ0n) is 16.6. The summed E-state index contributed by atoms with van der Waals surface area (Å²) in [4.78, 5) is 13.3. The summed E-state index contributed by atoms with van der Waals surface area (Å²) < 4.78 is 6.53. The van der Waals surface area contributed by atoms with E-state index in [9.17, 15) is 4.79 Å². The highest BCUT2D eigenvalue weighted by atomic mass is 31.1. The molecule has 4 aliphatic carbocycles. The van der Waals surface area contributed by atoms with Gasteiger partial charge in [-0.15, -0.1) is 8.58 Å². The van der Waals surface area contributed by atoms with Crippen molar-refractivity contribution in [3.8, 4) is 0 Å². The van der Waals surface area contributed by atoms with Gasteiger partial charge in [0.1, 0.15) is 5.60 Å². The smallest absolute Gasteiger partial charge is 0.316 e. The average Bonchev–Trinajstić information content (AvgIpc) is 2.48. The molecule has 24 heavy (non-hydrogen) atoms. The minimum Gasteiger partial charge on any atom is -0.458 e. The highest BCUT2D eigenvalue weighted by molar-refractivity contribution is 7.40. The number of hydrogen-bond acceptors (Lipinski definition) is 2. The first-order chi connectivity index (χ1) is 11.1. The molecule has 0 heterocycles. The van der Waals surface area contributed by atoms with Crippen molar-refractivity contribution in [3.63, 3.8) is 0 Å². The van der Waals surface area contributed by atoms with Crippen LogP contribution in [0.3, 0.4) is 0 Å². The van der Waals surface area contributed by atoms with Crippen LogP contribution in [0.4, 0.5) is 0 Å². The maximum absolute atomic E-state index is 13.3. The fourth-order valence-corrected chi connectivity index (χ4v) is 7.37. The second-order valence-corrected chi connectivity index (χ2v) is 11.9. The number of carbonyl (C=O) groups excluding carboxylic acids is 1. The van der Waals surface area contributed by atoms with Gasteiger partial charge in [0.2, 0.25) is 0 Å². The lowest BCUT2D eigenvalue weighted by Crippen LogP contribution is -2.60. The molecule has 4 aliphatic rings. The molecule has 0 radical (unpaired) electrons. The molecule has 2 nitrogen and oxygen atoms in total. The molecule has 4 bridgehead atoms. The first kappa shape index (κ1) is 18.7. The zero-order chi connectivity index (χ0) is 17.8. The van der Waals surface area contributed by atoms with E-state index in [2.05, 4.69) is 41.3 Å². The molecule has 4 rings (SSSR count). The van der Waals surface area contributed by atoms with Crippen LogP contribution in [-0.4, -0.2) is 23.4 Å². The fraction of sp³-hybridized carbons (Fsp3) is 0.952. The van der Waals surface area contributed by atoms with Crippen LogP contribution in [0.15, 0.2) is 0 Å². The maximum Gasteiger partial charge on any atom is 0.316 e. The van der Waals surface area contributed by atoms with Gasteiger partial charge in [0.15, 0.2) is 0 Å². The van der Waals surface area contributed by atoms with Crippen molar-refractivity contribution < 1.29 is 9.53 Å². The van der Waals surface area contributed by atoms with Crippen LogP contribution in [-0.2, 0) is 9.53 Å². The lowest BCUT2D eigenvalue weighted by molar-refractivity contribution is -0.213. The molecule has 2 unspecified atom stereocenters. The van der Waals surface area contributed by atoms with Gasteiger partial charge in [-0.2, -0.15) is 0 Å². The molecule has 0 aromatic heterocycles. The van der Waals surface area contributed by atoms with Gasteiger partial charge in [0.25, 0.3) is 0 Å². The van der Waals surface area contributed by atoms with Crippen LogP contribution in [0.5, 0.6) is 0 Å². The van der Waals surface area contributed by atoms with Crippen LogP contribution >= 0.6 is 8.58 Å². The van der Waals surface area contributed by atoms with Crippen molar-refractivity contribution in [2.24, 2.45) is 29.1 Å². The van der Waals surface area contributed by atoms with Crippen LogP contribution in [0, 0.1) is 29.1 Å². The number of carbonyl (C=O) groups is 1. The molecule has 0 amide bonds. The van der Waals surface area contributed by atoms with Gasteiger partial charge in [-0.1, -0.05) is 27.7 Å². The number of hydrogen-bond donors (Lipinski definition) is 0. The Hall–Kier alpha value is -0.100. The summed E-state index contributed by atoms with van der Waals surface area (Å²) in [6, 6.07) is 0. The average molecular weight is 352 g/mol. The number of ether oxygens (including phenoxy) is 1. The first-order valence-corrected chi connectivity index (χ1v) is 11.5. The molecule has 4 saturated carbocycles. The maximum atomic E-state index is 13.3.